The molecule has 0 atom stereocenters. The number of hydrogen-bond donors (Lipinski definition) is 0. The lowest BCUT2D eigenvalue weighted by molar-refractivity contribution is 1.06. The van der Waals surface area contributed by atoms with E-state index in [0.717, 1.165) is 0 Å². The number of rotatable bonds is 6. The molecule has 0 unspecified atom stereocenters. The molecule has 0 saturated heterocycles. The minimum absolute atomic E-state index is 1.22. The molecular formula is C11H25PSSi. The Morgan fingerprint density at radius 3 is 1.71 bits per heavy atom. The highest BCUT2D eigenvalue weighted by molar-refractivity contribution is 8.17. The fourth-order valence-corrected chi connectivity index (χ4v) is 13.0. The molecule has 0 N–H and O–H groups in total. The van der Waals surface area contributed by atoms with Crippen molar-refractivity contribution >= 4 is 25.9 Å². The molecule has 84 valence electrons. The van der Waals surface area contributed by atoms with Crippen LogP contribution in [0.25, 0.3) is 0 Å². The molecule has 0 aromatic rings. The van der Waals surface area contributed by atoms with Crippen LogP contribution in [0, 0.1) is 0 Å². The van der Waals surface area contributed by atoms with Crippen LogP contribution in [-0.4, -0.2) is 20.4 Å². The lowest BCUT2D eigenvalue weighted by Gasteiger charge is -2.31. The fourth-order valence-electron chi connectivity index (χ4n) is 1.72. The molecule has 0 spiro atoms. The van der Waals surface area contributed by atoms with E-state index < -0.39 is 14.1 Å². The Balaban J connectivity index is 4.83. The normalized spacial score (nSPS) is 12.9. The molecule has 0 heterocycles. The molecule has 0 aliphatic heterocycles. The minimum atomic E-state index is -1.23. The van der Waals surface area contributed by atoms with Gasteiger partial charge in [0.1, 0.15) is 0 Å². The molecule has 0 amide bonds. The average molecular weight is 248 g/mol. The second-order valence-electron chi connectivity index (χ2n) is 5.03. The summed E-state index contributed by atoms with van der Waals surface area (Å²) in [5.41, 5.74) is 0. The van der Waals surface area contributed by atoms with Gasteiger partial charge in [-0.3, -0.25) is 0 Å². The third-order valence-electron chi connectivity index (χ3n) is 2.53. The molecule has 0 aromatic heterocycles. The van der Waals surface area contributed by atoms with Gasteiger partial charge in [-0.05, 0) is 18.4 Å². The van der Waals surface area contributed by atoms with Crippen molar-refractivity contribution in [2.75, 3.05) is 12.3 Å². The summed E-state index contributed by atoms with van der Waals surface area (Å²) in [5, 5.41) is 0. The second-order valence-corrected chi connectivity index (χ2v) is 15.9. The van der Waals surface area contributed by atoms with E-state index in [1.807, 2.05) is 0 Å². The van der Waals surface area contributed by atoms with Crippen LogP contribution < -0.4 is 0 Å². The highest BCUT2D eigenvalue weighted by Crippen LogP contribution is 2.57. The molecule has 0 nitrogen and oxygen atoms in total. The summed E-state index contributed by atoms with van der Waals surface area (Å²) in [6, 6.07) is -1.23. The number of hydrogen-bond acceptors (Lipinski definition) is 1. The van der Waals surface area contributed by atoms with Gasteiger partial charge < -0.3 is 0 Å². The van der Waals surface area contributed by atoms with E-state index in [-0.39, 0.29) is 0 Å². The highest BCUT2D eigenvalue weighted by Gasteiger charge is 2.29. The van der Waals surface area contributed by atoms with E-state index >= 15 is 0 Å². The quantitative estimate of drug-likeness (QED) is 0.486. The van der Waals surface area contributed by atoms with Crippen LogP contribution in [0.3, 0.4) is 0 Å². The Hall–Kier alpha value is 0.607. The van der Waals surface area contributed by atoms with Gasteiger partial charge in [0.2, 0.25) is 0 Å². The molecule has 0 aliphatic rings. The molecule has 0 saturated carbocycles. The first-order valence-corrected chi connectivity index (χ1v) is 12.2. The summed E-state index contributed by atoms with van der Waals surface area (Å²) in [7, 11) is -1.22. The maximum Gasteiger partial charge on any atom is 0.0784 e. The molecule has 0 fully saturated rings. The Kier molecular flexibility index (Phi) is 5.87. The van der Waals surface area contributed by atoms with E-state index in [2.05, 4.69) is 40.1 Å². The SMILES string of the molecule is C=C([Si](C)(C)C)P(=S)(CCC)CCC. The second kappa shape index (κ2) is 5.63. The summed E-state index contributed by atoms with van der Waals surface area (Å²) in [6.45, 7) is 16.0. The summed E-state index contributed by atoms with van der Waals surface area (Å²) < 4.78 is 0. The van der Waals surface area contributed by atoms with Crippen molar-refractivity contribution in [3.05, 3.63) is 11.5 Å². The van der Waals surface area contributed by atoms with Gasteiger partial charge in [-0.25, -0.2) is 0 Å². The van der Waals surface area contributed by atoms with Crippen molar-refractivity contribution in [3.63, 3.8) is 0 Å². The van der Waals surface area contributed by atoms with Gasteiger partial charge in [-0.1, -0.05) is 69.7 Å². The topological polar surface area (TPSA) is 0 Å². The largest absolute Gasteiger partial charge is 0.0986 e. The molecule has 0 aliphatic carbocycles. The Morgan fingerprint density at radius 2 is 1.50 bits per heavy atom. The minimum Gasteiger partial charge on any atom is -0.0986 e. The Labute approximate surface area is 96.2 Å². The fraction of sp³-hybridized carbons (Fsp3) is 0.818. The van der Waals surface area contributed by atoms with Crippen molar-refractivity contribution in [2.45, 2.75) is 46.3 Å². The zero-order chi connectivity index (χ0) is 11.4. The van der Waals surface area contributed by atoms with Crippen molar-refractivity contribution in [1.29, 1.82) is 0 Å². The van der Waals surface area contributed by atoms with Crippen molar-refractivity contribution in [1.82, 2.24) is 0 Å². The molecule has 0 radical (unpaired) electrons. The summed E-state index contributed by atoms with van der Waals surface area (Å²) in [4.78, 5) is 1.49. The van der Waals surface area contributed by atoms with Crippen molar-refractivity contribution < 1.29 is 0 Å². The summed E-state index contributed by atoms with van der Waals surface area (Å²) in [6.07, 6.45) is 4.92. The van der Waals surface area contributed by atoms with Gasteiger partial charge in [0.25, 0.3) is 0 Å². The Morgan fingerprint density at radius 1 is 1.14 bits per heavy atom. The van der Waals surface area contributed by atoms with E-state index in [1.54, 1.807) is 0 Å². The van der Waals surface area contributed by atoms with Crippen LogP contribution in [0.2, 0.25) is 19.6 Å². The smallest absolute Gasteiger partial charge is 0.0784 e. The van der Waals surface area contributed by atoms with Crippen LogP contribution in [0.5, 0.6) is 0 Å². The van der Waals surface area contributed by atoms with E-state index in [9.17, 15) is 0 Å². The highest BCUT2D eigenvalue weighted by atomic mass is 32.4. The molecule has 3 heteroatoms. The predicted molar refractivity (Wildman–Crippen MR) is 77.1 cm³/mol. The van der Waals surface area contributed by atoms with Crippen molar-refractivity contribution in [3.8, 4) is 0 Å². The zero-order valence-corrected chi connectivity index (χ0v) is 13.1. The summed E-state index contributed by atoms with van der Waals surface area (Å²) in [5.74, 6) is 0. The predicted octanol–water partition coefficient (Wildman–Crippen LogP) is 4.68. The van der Waals surface area contributed by atoms with Crippen molar-refractivity contribution in [2.24, 2.45) is 0 Å². The first-order chi connectivity index (χ1) is 6.28. The van der Waals surface area contributed by atoms with E-state index in [4.69, 9.17) is 11.8 Å². The zero-order valence-electron chi connectivity index (χ0n) is 10.4. The third-order valence-corrected chi connectivity index (χ3v) is 13.1. The maximum atomic E-state index is 5.92. The summed E-state index contributed by atoms with van der Waals surface area (Å²) >= 11 is 5.92. The van der Waals surface area contributed by atoms with E-state index in [1.165, 1.54) is 30.1 Å². The van der Waals surface area contributed by atoms with Crippen LogP contribution in [0.1, 0.15) is 26.7 Å². The van der Waals surface area contributed by atoms with Gasteiger partial charge in [0, 0.05) is 0 Å². The van der Waals surface area contributed by atoms with Gasteiger partial charge in [0.05, 0.1) is 8.07 Å². The third kappa shape index (κ3) is 4.00. The monoisotopic (exact) mass is 248 g/mol. The lowest BCUT2D eigenvalue weighted by Crippen LogP contribution is -2.24. The molecule has 0 rings (SSSR count). The first-order valence-electron chi connectivity index (χ1n) is 5.56. The lowest BCUT2D eigenvalue weighted by atomic mass is 10.6. The first kappa shape index (κ1) is 14.6. The van der Waals surface area contributed by atoms with Gasteiger partial charge in [0.15, 0.2) is 0 Å². The van der Waals surface area contributed by atoms with Gasteiger partial charge in [-0.2, -0.15) is 0 Å². The molecule has 14 heavy (non-hydrogen) atoms. The standard InChI is InChI=1S/C11H25PSSi/c1-7-9-12(13,10-8-2)11(3)14(4,5)6/h3,7-10H2,1-2,4-6H3. The molecule has 0 bridgehead atoms. The van der Waals surface area contributed by atoms with E-state index in [0.29, 0.717) is 0 Å². The molecular weight excluding hydrogens is 223 g/mol. The van der Waals surface area contributed by atoms with Crippen LogP contribution in [0.4, 0.5) is 0 Å². The van der Waals surface area contributed by atoms with Gasteiger partial charge in [-0.15, -0.1) is 0 Å². The average Bonchev–Trinajstić information content (AvgIpc) is 2.02. The van der Waals surface area contributed by atoms with Gasteiger partial charge >= 0.3 is 0 Å². The van der Waals surface area contributed by atoms with Crippen LogP contribution >= 0.6 is 6.04 Å². The maximum absolute atomic E-state index is 5.92. The van der Waals surface area contributed by atoms with Crippen LogP contribution in [-0.2, 0) is 11.8 Å². The molecule has 0 aromatic carbocycles. The Bertz CT molecular complexity index is 230. The van der Waals surface area contributed by atoms with Crippen LogP contribution in [0.15, 0.2) is 11.5 Å².